The number of hydrogen-bond donors (Lipinski definition) is 1. The van der Waals surface area contributed by atoms with Crippen molar-refractivity contribution >= 4 is 11.3 Å². The molecule has 0 saturated carbocycles. The van der Waals surface area contributed by atoms with Gasteiger partial charge in [0.2, 0.25) is 0 Å². The van der Waals surface area contributed by atoms with E-state index in [0.29, 0.717) is 12.5 Å². The number of nitrogens with zero attached hydrogens (tertiary/aromatic N) is 1. The number of nitrogens with one attached hydrogen (secondary N) is 1. The Morgan fingerprint density at radius 2 is 2.19 bits per heavy atom. The van der Waals surface area contributed by atoms with Gasteiger partial charge in [-0.1, -0.05) is 13.8 Å². The lowest BCUT2D eigenvalue weighted by atomic mass is 10.1. The van der Waals surface area contributed by atoms with Crippen LogP contribution < -0.4 is 5.32 Å². The van der Waals surface area contributed by atoms with Crippen molar-refractivity contribution in [1.82, 2.24) is 10.3 Å². The van der Waals surface area contributed by atoms with Crippen LogP contribution in [-0.2, 0) is 11.3 Å². The molecule has 0 aliphatic rings. The molecule has 0 aromatic carbocycles. The Morgan fingerprint density at radius 3 is 2.69 bits per heavy atom. The van der Waals surface area contributed by atoms with E-state index in [1.165, 1.54) is 5.01 Å². The van der Waals surface area contributed by atoms with Gasteiger partial charge in [0.05, 0.1) is 17.3 Å². The maximum Gasteiger partial charge on any atom is 0.0954 e. The fraction of sp³-hybridized carbons (Fsp3) is 0.750. The first kappa shape index (κ1) is 13.6. The van der Waals surface area contributed by atoms with E-state index < -0.39 is 0 Å². The van der Waals surface area contributed by atoms with Gasteiger partial charge in [0.15, 0.2) is 0 Å². The summed E-state index contributed by atoms with van der Waals surface area (Å²) in [6.45, 7) is 10.1. The second-order valence-electron chi connectivity index (χ2n) is 5.00. The quantitative estimate of drug-likeness (QED) is 0.833. The zero-order chi connectivity index (χ0) is 12.2. The maximum absolute atomic E-state index is 5.16. The molecule has 0 spiro atoms. The molecule has 1 aromatic heterocycles. The molecular weight excluding hydrogens is 220 g/mol. The third kappa shape index (κ3) is 4.20. The van der Waals surface area contributed by atoms with E-state index in [4.69, 9.17) is 4.74 Å². The van der Waals surface area contributed by atoms with E-state index >= 15 is 0 Å². The van der Waals surface area contributed by atoms with E-state index in [0.717, 1.165) is 12.2 Å². The Hall–Kier alpha value is -0.450. The van der Waals surface area contributed by atoms with E-state index in [2.05, 4.69) is 43.4 Å². The predicted molar refractivity (Wildman–Crippen MR) is 69.0 cm³/mol. The SMILES string of the molecule is COCC(C)(C)NCc1csc(C(C)C)n1. The van der Waals surface area contributed by atoms with Gasteiger partial charge in [0.1, 0.15) is 0 Å². The van der Waals surface area contributed by atoms with Gasteiger partial charge in [-0.15, -0.1) is 11.3 Å². The van der Waals surface area contributed by atoms with Crippen molar-refractivity contribution in [2.75, 3.05) is 13.7 Å². The van der Waals surface area contributed by atoms with Crippen molar-refractivity contribution in [3.63, 3.8) is 0 Å². The van der Waals surface area contributed by atoms with Gasteiger partial charge in [-0.3, -0.25) is 0 Å². The number of rotatable bonds is 6. The molecule has 0 atom stereocenters. The highest BCUT2D eigenvalue weighted by Crippen LogP contribution is 2.19. The topological polar surface area (TPSA) is 34.1 Å². The van der Waals surface area contributed by atoms with Crippen LogP contribution in [0.5, 0.6) is 0 Å². The van der Waals surface area contributed by atoms with Crippen molar-refractivity contribution in [1.29, 1.82) is 0 Å². The Labute approximate surface area is 102 Å². The largest absolute Gasteiger partial charge is 0.383 e. The first-order chi connectivity index (χ1) is 7.44. The van der Waals surface area contributed by atoms with Crippen LogP contribution in [0.2, 0.25) is 0 Å². The van der Waals surface area contributed by atoms with Crippen molar-refractivity contribution in [2.45, 2.75) is 45.7 Å². The molecule has 0 amide bonds. The van der Waals surface area contributed by atoms with Gasteiger partial charge in [0.25, 0.3) is 0 Å². The molecule has 1 N–H and O–H groups in total. The fourth-order valence-corrected chi connectivity index (χ4v) is 2.25. The predicted octanol–water partition coefficient (Wildman–Crippen LogP) is 2.78. The average Bonchev–Trinajstić information content (AvgIpc) is 2.63. The van der Waals surface area contributed by atoms with Crippen LogP contribution in [-0.4, -0.2) is 24.2 Å². The van der Waals surface area contributed by atoms with Gasteiger partial charge >= 0.3 is 0 Å². The maximum atomic E-state index is 5.16. The average molecular weight is 242 g/mol. The first-order valence-corrected chi connectivity index (χ1v) is 6.51. The normalized spacial score (nSPS) is 12.4. The van der Waals surface area contributed by atoms with Crippen LogP contribution in [0, 0.1) is 0 Å². The molecule has 1 aromatic rings. The van der Waals surface area contributed by atoms with Gasteiger partial charge in [-0.2, -0.15) is 0 Å². The summed E-state index contributed by atoms with van der Waals surface area (Å²) in [5.41, 5.74) is 1.12. The Kier molecular flexibility index (Phi) is 4.89. The first-order valence-electron chi connectivity index (χ1n) is 5.63. The van der Waals surface area contributed by atoms with Crippen molar-refractivity contribution in [2.24, 2.45) is 0 Å². The van der Waals surface area contributed by atoms with Crippen molar-refractivity contribution in [3.05, 3.63) is 16.1 Å². The lowest BCUT2D eigenvalue weighted by molar-refractivity contribution is 0.127. The third-order valence-corrected chi connectivity index (χ3v) is 3.51. The fourth-order valence-electron chi connectivity index (χ4n) is 1.41. The summed E-state index contributed by atoms with van der Waals surface area (Å²) < 4.78 is 5.16. The molecule has 0 fully saturated rings. The summed E-state index contributed by atoms with van der Waals surface area (Å²) in [5, 5.41) is 6.79. The summed E-state index contributed by atoms with van der Waals surface area (Å²) in [6.07, 6.45) is 0. The highest BCUT2D eigenvalue weighted by atomic mass is 32.1. The zero-order valence-electron chi connectivity index (χ0n) is 10.8. The molecule has 0 radical (unpaired) electrons. The van der Waals surface area contributed by atoms with Gasteiger partial charge in [0, 0.05) is 30.5 Å². The minimum absolute atomic E-state index is 0.00361. The number of ether oxygens (including phenoxy) is 1. The van der Waals surface area contributed by atoms with Crippen LogP contribution in [0.4, 0.5) is 0 Å². The van der Waals surface area contributed by atoms with E-state index in [9.17, 15) is 0 Å². The molecule has 16 heavy (non-hydrogen) atoms. The minimum Gasteiger partial charge on any atom is -0.383 e. The van der Waals surface area contributed by atoms with Crippen LogP contribution in [0.15, 0.2) is 5.38 Å². The van der Waals surface area contributed by atoms with Crippen LogP contribution in [0.25, 0.3) is 0 Å². The Balaban J connectivity index is 2.48. The molecule has 0 aliphatic carbocycles. The summed E-state index contributed by atoms with van der Waals surface area (Å²) in [5.74, 6) is 0.519. The number of hydrogen-bond acceptors (Lipinski definition) is 4. The van der Waals surface area contributed by atoms with Crippen molar-refractivity contribution < 1.29 is 4.74 Å². The summed E-state index contributed by atoms with van der Waals surface area (Å²) in [7, 11) is 1.73. The monoisotopic (exact) mass is 242 g/mol. The number of thiazole rings is 1. The molecular formula is C12H22N2OS. The molecule has 1 rings (SSSR count). The number of methoxy groups -OCH3 is 1. The minimum atomic E-state index is -0.00361. The summed E-state index contributed by atoms with van der Waals surface area (Å²) in [4.78, 5) is 4.59. The summed E-state index contributed by atoms with van der Waals surface area (Å²) in [6, 6.07) is 0. The standard InChI is InChI=1S/C12H22N2OS/c1-9(2)11-14-10(7-16-11)6-13-12(3,4)8-15-5/h7,9,13H,6,8H2,1-5H3. The zero-order valence-corrected chi connectivity index (χ0v) is 11.6. The Bertz CT molecular complexity index is 321. The third-order valence-electron chi connectivity index (χ3n) is 2.32. The van der Waals surface area contributed by atoms with Gasteiger partial charge in [-0.25, -0.2) is 4.98 Å². The highest BCUT2D eigenvalue weighted by Gasteiger charge is 2.17. The molecule has 3 nitrogen and oxygen atoms in total. The van der Waals surface area contributed by atoms with Crippen molar-refractivity contribution in [3.8, 4) is 0 Å². The Morgan fingerprint density at radius 1 is 1.50 bits per heavy atom. The molecule has 1 heterocycles. The molecule has 0 aliphatic heterocycles. The van der Waals surface area contributed by atoms with Crippen LogP contribution >= 0.6 is 11.3 Å². The van der Waals surface area contributed by atoms with Crippen LogP contribution in [0.3, 0.4) is 0 Å². The van der Waals surface area contributed by atoms with E-state index in [1.54, 1.807) is 18.4 Å². The summed E-state index contributed by atoms with van der Waals surface area (Å²) >= 11 is 1.74. The van der Waals surface area contributed by atoms with Gasteiger partial charge in [-0.05, 0) is 13.8 Å². The molecule has 0 saturated heterocycles. The number of aromatic nitrogens is 1. The molecule has 0 unspecified atom stereocenters. The lowest BCUT2D eigenvalue weighted by Crippen LogP contribution is -2.42. The molecule has 4 heteroatoms. The molecule has 92 valence electrons. The van der Waals surface area contributed by atoms with E-state index in [-0.39, 0.29) is 5.54 Å². The highest BCUT2D eigenvalue weighted by molar-refractivity contribution is 7.09. The van der Waals surface area contributed by atoms with Crippen LogP contribution in [0.1, 0.15) is 44.3 Å². The second-order valence-corrected chi connectivity index (χ2v) is 5.89. The lowest BCUT2D eigenvalue weighted by Gasteiger charge is -2.24. The smallest absolute Gasteiger partial charge is 0.0954 e. The van der Waals surface area contributed by atoms with E-state index in [1.807, 2.05) is 0 Å². The second kappa shape index (κ2) is 5.75. The molecule has 0 bridgehead atoms. The van der Waals surface area contributed by atoms with Gasteiger partial charge < -0.3 is 10.1 Å².